The van der Waals surface area contributed by atoms with Crippen LogP contribution in [0.4, 0.5) is 5.69 Å². The van der Waals surface area contributed by atoms with Gasteiger partial charge in [0.1, 0.15) is 5.75 Å². The molecule has 0 aliphatic heterocycles. The van der Waals surface area contributed by atoms with Gasteiger partial charge in [0.05, 0.1) is 27.0 Å². The molecule has 0 unspecified atom stereocenters. The number of benzene rings is 2. The molecule has 8 heteroatoms. The summed E-state index contributed by atoms with van der Waals surface area (Å²) < 4.78 is 16.3. The normalized spacial score (nSPS) is 10.6. The van der Waals surface area contributed by atoms with Crippen molar-refractivity contribution in [3.8, 4) is 17.2 Å². The minimum atomic E-state index is -0.362. The highest BCUT2D eigenvalue weighted by molar-refractivity contribution is 5.93. The van der Waals surface area contributed by atoms with Crippen LogP contribution in [0.1, 0.15) is 44.6 Å². The van der Waals surface area contributed by atoms with Crippen LogP contribution in [0.5, 0.6) is 17.2 Å². The molecule has 172 valence electrons. The standard InChI is InChI=1S/C24H31N3O5/c1-4-5-6-16-32-24-18(8-7-9-21(24)31-3)17-25-27-23(29)15-14-22(28)26-19-10-12-20(30-2)13-11-19/h7-13,17H,4-6,14-16H2,1-3H3,(H,26,28)(H,27,29). The third-order valence-electron chi connectivity index (χ3n) is 4.57. The SMILES string of the molecule is CCCCCOc1c(C=NNC(=O)CCC(=O)Nc2ccc(OC)cc2)cccc1OC. The number of nitrogens with zero attached hydrogens (tertiary/aromatic N) is 1. The summed E-state index contributed by atoms with van der Waals surface area (Å²) in [5.41, 5.74) is 3.77. The fourth-order valence-corrected chi connectivity index (χ4v) is 2.83. The maximum absolute atomic E-state index is 12.0. The molecule has 0 atom stereocenters. The van der Waals surface area contributed by atoms with Crippen LogP contribution in [0.25, 0.3) is 0 Å². The Morgan fingerprint density at radius 2 is 1.72 bits per heavy atom. The van der Waals surface area contributed by atoms with E-state index in [9.17, 15) is 9.59 Å². The van der Waals surface area contributed by atoms with Gasteiger partial charge in [0, 0.05) is 24.1 Å². The molecule has 2 rings (SSSR count). The highest BCUT2D eigenvalue weighted by Gasteiger charge is 2.10. The molecule has 0 fully saturated rings. The Hall–Kier alpha value is -3.55. The molecule has 2 amide bonds. The van der Waals surface area contributed by atoms with E-state index in [1.54, 1.807) is 38.5 Å². The Kier molecular flexibility index (Phi) is 10.6. The molecular formula is C24H31N3O5. The number of ether oxygens (including phenoxy) is 3. The fourth-order valence-electron chi connectivity index (χ4n) is 2.83. The maximum atomic E-state index is 12.0. The zero-order valence-corrected chi connectivity index (χ0v) is 18.8. The molecule has 2 aromatic rings. The predicted octanol–water partition coefficient (Wildman–Crippen LogP) is 4.14. The van der Waals surface area contributed by atoms with Crippen LogP contribution in [0, 0.1) is 0 Å². The number of rotatable bonds is 13. The molecule has 2 aromatic carbocycles. The molecule has 0 aliphatic carbocycles. The van der Waals surface area contributed by atoms with E-state index in [0.29, 0.717) is 35.1 Å². The van der Waals surface area contributed by atoms with E-state index in [4.69, 9.17) is 14.2 Å². The first-order valence-corrected chi connectivity index (χ1v) is 10.6. The lowest BCUT2D eigenvalue weighted by Crippen LogP contribution is -2.20. The first-order chi connectivity index (χ1) is 15.6. The number of unbranched alkanes of at least 4 members (excludes halogenated alkanes) is 2. The smallest absolute Gasteiger partial charge is 0.240 e. The molecular weight excluding hydrogens is 410 g/mol. The first kappa shape index (κ1) is 24.7. The molecule has 32 heavy (non-hydrogen) atoms. The zero-order valence-electron chi connectivity index (χ0n) is 18.8. The molecule has 0 saturated carbocycles. The van der Waals surface area contributed by atoms with E-state index in [2.05, 4.69) is 22.8 Å². The number of anilines is 1. The summed E-state index contributed by atoms with van der Waals surface area (Å²) in [6, 6.07) is 12.4. The largest absolute Gasteiger partial charge is 0.497 e. The molecule has 0 aliphatic rings. The number of hydrogen-bond acceptors (Lipinski definition) is 6. The summed E-state index contributed by atoms with van der Waals surface area (Å²) in [6.07, 6.45) is 4.69. The molecule has 0 spiro atoms. The Balaban J connectivity index is 1.83. The van der Waals surface area contributed by atoms with E-state index >= 15 is 0 Å². The Labute approximate surface area is 188 Å². The number of amides is 2. The average molecular weight is 442 g/mol. The predicted molar refractivity (Wildman–Crippen MR) is 125 cm³/mol. The summed E-state index contributed by atoms with van der Waals surface area (Å²) in [5.74, 6) is 1.27. The Bertz CT molecular complexity index is 897. The number of carbonyl (C=O) groups is 2. The summed E-state index contributed by atoms with van der Waals surface area (Å²) in [7, 11) is 3.15. The van der Waals surface area contributed by atoms with E-state index in [1.807, 2.05) is 18.2 Å². The molecule has 0 aromatic heterocycles. The van der Waals surface area contributed by atoms with Gasteiger partial charge in [-0.05, 0) is 42.8 Å². The summed E-state index contributed by atoms with van der Waals surface area (Å²) in [6.45, 7) is 2.71. The number of hydrazone groups is 1. The molecule has 2 N–H and O–H groups in total. The number of carbonyl (C=O) groups excluding carboxylic acids is 2. The number of nitrogens with one attached hydrogen (secondary N) is 2. The van der Waals surface area contributed by atoms with Crippen molar-refractivity contribution < 1.29 is 23.8 Å². The van der Waals surface area contributed by atoms with Crippen molar-refractivity contribution in [2.24, 2.45) is 5.10 Å². The lowest BCUT2D eigenvalue weighted by molar-refractivity contribution is -0.124. The minimum Gasteiger partial charge on any atom is -0.497 e. The molecule has 0 heterocycles. The summed E-state index contributed by atoms with van der Waals surface area (Å²) in [5, 5.41) is 6.73. The van der Waals surface area contributed by atoms with Gasteiger partial charge < -0.3 is 19.5 Å². The van der Waals surface area contributed by atoms with E-state index < -0.39 is 0 Å². The second-order valence-corrected chi connectivity index (χ2v) is 7.00. The maximum Gasteiger partial charge on any atom is 0.240 e. The average Bonchev–Trinajstić information content (AvgIpc) is 2.81. The highest BCUT2D eigenvalue weighted by atomic mass is 16.5. The van der Waals surface area contributed by atoms with Crippen LogP contribution in [0.3, 0.4) is 0 Å². The van der Waals surface area contributed by atoms with Crippen molar-refractivity contribution in [1.29, 1.82) is 0 Å². The van der Waals surface area contributed by atoms with Crippen LogP contribution >= 0.6 is 0 Å². The van der Waals surface area contributed by atoms with Gasteiger partial charge in [0.25, 0.3) is 0 Å². The Morgan fingerprint density at radius 1 is 0.969 bits per heavy atom. The topological polar surface area (TPSA) is 98.2 Å². The lowest BCUT2D eigenvalue weighted by atomic mass is 10.2. The van der Waals surface area contributed by atoms with Crippen LogP contribution < -0.4 is 25.0 Å². The van der Waals surface area contributed by atoms with Crippen molar-refractivity contribution in [2.45, 2.75) is 39.0 Å². The third-order valence-corrected chi connectivity index (χ3v) is 4.57. The fraction of sp³-hybridized carbons (Fsp3) is 0.375. The van der Waals surface area contributed by atoms with E-state index in [-0.39, 0.29) is 24.7 Å². The third kappa shape index (κ3) is 8.29. The lowest BCUT2D eigenvalue weighted by Gasteiger charge is -2.13. The van der Waals surface area contributed by atoms with Gasteiger partial charge in [0.2, 0.25) is 11.8 Å². The number of hydrogen-bond donors (Lipinski definition) is 2. The van der Waals surface area contributed by atoms with Crippen molar-refractivity contribution in [3.05, 3.63) is 48.0 Å². The zero-order chi connectivity index (χ0) is 23.2. The van der Waals surface area contributed by atoms with Crippen molar-refractivity contribution in [2.75, 3.05) is 26.1 Å². The van der Waals surface area contributed by atoms with Crippen LogP contribution in [-0.2, 0) is 9.59 Å². The number of methoxy groups -OCH3 is 2. The van der Waals surface area contributed by atoms with Crippen molar-refractivity contribution in [3.63, 3.8) is 0 Å². The first-order valence-electron chi connectivity index (χ1n) is 10.6. The van der Waals surface area contributed by atoms with Crippen LogP contribution in [0.2, 0.25) is 0 Å². The van der Waals surface area contributed by atoms with E-state index in [0.717, 1.165) is 19.3 Å². The minimum absolute atomic E-state index is 0.0117. The number of para-hydroxylation sites is 1. The van der Waals surface area contributed by atoms with E-state index in [1.165, 1.54) is 6.21 Å². The van der Waals surface area contributed by atoms with Gasteiger partial charge in [-0.15, -0.1) is 0 Å². The van der Waals surface area contributed by atoms with Gasteiger partial charge in [0.15, 0.2) is 11.5 Å². The quantitative estimate of drug-likeness (QED) is 0.277. The van der Waals surface area contributed by atoms with Crippen molar-refractivity contribution >= 4 is 23.7 Å². The second-order valence-electron chi connectivity index (χ2n) is 7.00. The molecule has 0 radical (unpaired) electrons. The van der Waals surface area contributed by atoms with Gasteiger partial charge in [-0.1, -0.05) is 25.8 Å². The van der Waals surface area contributed by atoms with Gasteiger partial charge in [-0.25, -0.2) is 5.43 Å². The van der Waals surface area contributed by atoms with Gasteiger partial charge in [-0.3, -0.25) is 9.59 Å². The molecule has 8 nitrogen and oxygen atoms in total. The summed E-state index contributed by atoms with van der Waals surface area (Å²) in [4.78, 5) is 24.1. The van der Waals surface area contributed by atoms with Crippen LogP contribution in [0.15, 0.2) is 47.6 Å². The Morgan fingerprint density at radius 3 is 2.41 bits per heavy atom. The van der Waals surface area contributed by atoms with Crippen molar-refractivity contribution in [1.82, 2.24) is 5.43 Å². The van der Waals surface area contributed by atoms with Gasteiger partial charge in [-0.2, -0.15) is 5.10 Å². The monoisotopic (exact) mass is 441 g/mol. The summed E-state index contributed by atoms with van der Waals surface area (Å²) >= 11 is 0. The second kappa shape index (κ2) is 13.7. The molecule has 0 bridgehead atoms. The highest BCUT2D eigenvalue weighted by Crippen LogP contribution is 2.30. The van der Waals surface area contributed by atoms with Gasteiger partial charge >= 0.3 is 0 Å². The molecule has 0 saturated heterocycles. The van der Waals surface area contributed by atoms with Crippen LogP contribution in [-0.4, -0.2) is 38.9 Å².